The Morgan fingerprint density at radius 3 is 1.02 bits per heavy atom. The Balaban J connectivity index is 0.000000265. The van der Waals surface area contributed by atoms with E-state index in [1.807, 2.05) is 0 Å². The molecule has 0 fully saturated rings. The fraction of sp³-hybridized carbons (Fsp3) is 0.367. The molecule has 0 saturated carbocycles. The number of hydrogen-bond acceptors (Lipinski definition) is 0. The molecule has 0 spiro atoms. The van der Waals surface area contributed by atoms with Crippen molar-refractivity contribution in [2.75, 3.05) is 0 Å². The third-order valence-corrected chi connectivity index (χ3v) is 25.0. The fourth-order valence-corrected chi connectivity index (χ4v) is 20.7. The van der Waals surface area contributed by atoms with Gasteiger partial charge in [-0.2, -0.15) is 35.0 Å². The molecular weight excluding hydrogens is 823 g/mol. The Kier molecular flexibility index (Phi) is 17.7. The molecule has 0 N–H and O–H groups in total. The third-order valence-electron chi connectivity index (χ3n) is 11.0. The molecule has 0 saturated heterocycles. The molecule has 6 aromatic rings. The second kappa shape index (κ2) is 21.8. The second-order valence-electron chi connectivity index (χ2n) is 14.9. The van der Waals surface area contributed by atoms with Crippen LogP contribution in [0.15, 0.2) is 133 Å². The maximum atomic E-state index is 2.52. The van der Waals surface area contributed by atoms with Crippen LogP contribution in [0.5, 0.6) is 0 Å². The van der Waals surface area contributed by atoms with Crippen molar-refractivity contribution in [2.24, 2.45) is 0 Å². The molecule has 0 aliphatic rings. The summed E-state index contributed by atoms with van der Waals surface area (Å²) in [4.78, 5) is 0. The van der Waals surface area contributed by atoms with Gasteiger partial charge in [0.15, 0.2) is 0 Å². The van der Waals surface area contributed by atoms with E-state index < -0.39 is 16.1 Å². The first-order valence-electron chi connectivity index (χ1n) is 20.4. The third kappa shape index (κ3) is 11.2. The zero-order chi connectivity index (χ0) is 37.2. The van der Waals surface area contributed by atoms with Crippen molar-refractivity contribution in [3.63, 3.8) is 0 Å². The van der Waals surface area contributed by atoms with E-state index in [0.29, 0.717) is 0 Å². The monoisotopic (exact) mass is 888 g/mol. The molecule has 0 aromatic heterocycles. The van der Waals surface area contributed by atoms with Crippen molar-refractivity contribution in [3.8, 4) is 0 Å². The van der Waals surface area contributed by atoms with Gasteiger partial charge in [0, 0.05) is 0 Å². The number of benzene rings is 4. The minimum atomic E-state index is -1.35. The normalized spacial score (nSPS) is 11.5. The summed E-state index contributed by atoms with van der Waals surface area (Å²) < 4.78 is 1.56. The summed E-state index contributed by atoms with van der Waals surface area (Å²) in [7, 11) is -2.71. The Hall–Kier alpha value is -2.73. The smallest absolute Gasteiger partial charge is 0.0809 e. The average molecular weight is 888 g/mol. The van der Waals surface area contributed by atoms with Gasteiger partial charge in [-0.15, -0.1) is 59.3 Å². The quantitative estimate of drug-likeness (QED) is 0.0671. The summed E-state index contributed by atoms with van der Waals surface area (Å²) in [5.74, 6) is 0. The summed E-state index contributed by atoms with van der Waals surface area (Å²) in [5, 5.41) is 8.74. The molecule has 3 heteroatoms. The zero-order valence-corrected chi connectivity index (χ0v) is 38.8. The van der Waals surface area contributed by atoms with Crippen molar-refractivity contribution in [2.45, 2.75) is 116 Å². The van der Waals surface area contributed by atoms with Crippen molar-refractivity contribution < 1.29 is 23.9 Å². The molecule has 6 aromatic carbocycles. The minimum absolute atomic E-state index is 1.09. The maximum absolute atomic E-state index is 2.52. The van der Waals surface area contributed by atoms with Crippen molar-refractivity contribution in [3.05, 3.63) is 145 Å². The number of rotatable bonds is 16. The summed E-state index contributed by atoms with van der Waals surface area (Å²) in [6, 6.07) is 58.0. The van der Waals surface area contributed by atoms with Crippen LogP contribution in [0.4, 0.5) is 0 Å². The van der Waals surface area contributed by atoms with Crippen molar-refractivity contribution in [1.82, 2.24) is 0 Å². The molecule has 0 aliphatic carbocycles. The number of fused-ring (bicyclic) bond motifs is 2. The van der Waals surface area contributed by atoms with Gasteiger partial charge >= 0.3 is 230 Å². The van der Waals surface area contributed by atoms with Gasteiger partial charge in [0.25, 0.3) is 0 Å². The maximum Gasteiger partial charge on any atom is -0.0809 e. The molecular formula is C49H64HfSi2. The van der Waals surface area contributed by atoms with Crippen LogP contribution in [0.2, 0.25) is 36.3 Å². The van der Waals surface area contributed by atoms with Gasteiger partial charge in [0.1, 0.15) is 0 Å². The minimum Gasteiger partial charge on any atom is -0.168 e. The van der Waals surface area contributed by atoms with Crippen LogP contribution in [0, 0.1) is 0 Å². The topological polar surface area (TPSA) is 0 Å². The van der Waals surface area contributed by atoms with E-state index in [4.69, 9.17) is 0 Å². The average Bonchev–Trinajstić information content (AvgIpc) is 3.86. The van der Waals surface area contributed by atoms with E-state index >= 15 is 0 Å². The van der Waals surface area contributed by atoms with Crippen LogP contribution in [0.25, 0.3) is 21.5 Å². The first-order chi connectivity index (χ1) is 25.4. The SMILES string of the molecule is CCC[Si](CCC)(CCC)c1ccc([C](=[Hf+2])c2ccc([Si](CCC)(CCC)CCC)cc2)cc1.c1ccc2[cH-]ccc2c1.c1ccc2[cH-]ccc2c1. The van der Waals surface area contributed by atoms with E-state index in [2.05, 4.69) is 175 Å². The van der Waals surface area contributed by atoms with Gasteiger partial charge in [-0.05, 0) is 0 Å². The molecule has 0 atom stereocenters. The van der Waals surface area contributed by atoms with Gasteiger partial charge in [-0.25, -0.2) is 0 Å². The van der Waals surface area contributed by atoms with Gasteiger partial charge in [0.2, 0.25) is 0 Å². The molecule has 0 amide bonds. The first-order valence-corrected chi connectivity index (χ1v) is 27.4. The van der Waals surface area contributed by atoms with Crippen LogP contribution < -0.4 is 10.4 Å². The molecule has 0 heterocycles. The predicted molar refractivity (Wildman–Crippen MR) is 237 cm³/mol. The summed E-state index contributed by atoms with van der Waals surface area (Å²) in [6.45, 7) is 14.3. The van der Waals surface area contributed by atoms with Gasteiger partial charge < -0.3 is 0 Å². The van der Waals surface area contributed by atoms with Gasteiger partial charge in [-0.1, -0.05) is 12.1 Å². The Morgan fingerprint density at radius 2 is 0.731 bits per heavy atom. The molecule has 272 valence electrons. The van der Waals surface area contributed by atoms with E-state index in [-0.39, 0.29) is 0 Å². The molecule has 0 aliphatic heterocycles. The zero-order valence-electron chi connectivity index (χ0n) is 33.2. The van der Waals surface area contributed by atoms with Crippen LogP contribution in [-0.4, -0.2) is 19.4 Å². The Bertz CT molecular complexity index is 1640. The molecule has 0 unspecified atom stereocenters. The van der Waals surface area contributed by atoms with Gasteiger partial charge in [0.05, 0.1) is 0 Å². The Labute approximate surface area is 333 Å². The fourth-order valence-electron chi connectivity index (χ4n) is 8.77. The van der Waals surface area contributed by atoms with Crippen LogP contribution in [0.1, 0.15) is 91.2 Å². The van der Waals surface area contributed by atoms with Crippen LogP contribution >= 0.6 is 0 Å². The largest absolute Gasteiger partial charge is 0.168 e. The van der Waals surface area contributed by atoms with E-state index in [1.54, 1.807) is 13.6 Å². The molecule has 0 bridgehead atoms. The standard InChI is InChI=1S/C31H50Si2.2C9H7.Hf/c1-7-21-32(22-8-2,23-9-3)30-17-13-28(14-18-30)27-29-15-19-31(20-16-29)33(24-10-4,25-11-5)26-12-6;2*1-2-5-9-7-3-6-8(9)4-1;/h13-20H,7-12,21-26H2,1-6H3;2*1-7H;/q;2*-1;+2. The molecule has 6 rings (SSSR count). The van der Waals surface area contributed by atoms with Crippen molar-refractivity contribution >= 4 is 51.3 Å². The van der Waals surface area contributed by atoms with Crippen LogP contribution in [0.3, 0.4) is 0 Å². The van der Waals surface area contributed by atoms with E-state index in [1.165, 1.54) is 107 Å². The van der Waals surface area contributed by atoms with Gasteiger partial charge in [-0.3, -0.25) is 0 Å². The predicted octanol–water partition coefficient (Wildman–Crippen LogP) is 13.7. The molecule has 0 radical (unpaired) electrons. The second-order valence-corrected chi connectivity index (χ2v) is 26.0. The molecule has 0 nitrogen and oxygen atoms in total. The first kappa shape index (κ1) is 42.0. The van der Waals surface area contributed by atoms with E-state index in [0.717, 1.165) is 23.9 Å². The summed E-state index contributed by atoms with van der Waals surface area (Å²) in [5.41, 5.74) is 2.91. The van der Waals surface area contributed by atoms with Crippen molar-refractivity contribution in [1.29, 1.82) is 0 Å². The summed E-state index contributed by atoms with van der Waals surface area (Å²) >= 11 is 1.09. The summed E-state index contributed by atoms with van der Waals surface area (Å²) in [6.07, 6.45) is 7.98. The number of hydrogen-bond donors (Lipinski definition) is 0. The Morgan fingerprint density at radius 1 is 0.423 bits per heavy atom. The van der Waals surface area contributed by atoms with Crippen LogP contribution in [-0.2, 0) is 23.9 Å². The molecule has 52 heavy (non-hydrogen) atoms. The van der Waals surface area contributed by atoms with E-state index in [9.17, 15) is 0 Å².